The molecule has 0 amide bonds. The predicted octanol–water partition coefficient (Wildman–Crippen LogP) is 3.96. The van der Waals surface area contributed by atoms with Crippen LogP contribution in [0.25, 0.3) is 0 Å². The van der Waals surface area contributed by atoms with Gasteiger partial charge in [0.05, 0.1) is 5.69 Å². The van der Waals surface area contributed by atoms with Gasteiger partial charge in [-0.1, -0.05) is 19.1 Å². The number of rotatable bonds is 6. The average molecular weight is 383 g/mol. The molecule has 3 nitrogen and oxygen atoms in total. The van der Waals surface area contributed by atoms with Crippen LogP contribution in [0.5, 0.6) is 0 Å². The Morgan fingerprint density at radius 2 is 1.95 bits per heavy atom. The lowest BCUT2D eigenvalue weighted by atomic mass is 10.0. The highest BCUT2D eigenvalue weighted by atomic mass is 127. The molecule has 1 heterocycles. The fourth-order valence-electron chi connectivity index (χ4n) is 2.21. The van der Waals surface area contributed by atoms with Crippen LogP contribution >= 0.6 is 22.6 Å². The topological polar surface area (TPSA) is 29.9 Å². The smallest absolute Gasteiger partial charge is 0.0643 e. The summed E-state index contributed by atoms with van der Waals surface area (Å²) >= 11 is 2.33. The minimum absolute atomic E-state index is 0.312. The Kier molecular flexibility index (Phi) is 5.60. The Balaban J connectivity index is 2.10. The molecule has 0 radical (unpaired) electrons. The largest absolute Gasteiger partial charge is 0.313 e. The minimum atomic E-state index is 0.312. The van der Waals surface area contributed by atoms with E-state index in [-0.39, 0.29) is 0 Å². The summed E-state index contributed by atoms with van der Waals surface area (Å²) in [5.41, 5.74) is 2.45. The molecule has 1 N–H and O–H groups in total. The third-order valence-corrected chi connectivity index (χ3v) is 4.46. The first-order chi connectivity index (χ1) is 9.63. The maximum absolute atomic E-state index is 4.69. The van der Waals surface area contributed by atoms with E-state index in [1.807, 2.05) is 7.05 Å². The number of hydrogen-bond donors (Lipinski definition) is 1. The number of hydrogen-bond acceptors (Lipinski definition) is 2. The lowest BCUT2D eigenvalue weighted by Gasteiger charge is -2.15. The van der Waals surface area contributed by atoms with Crippen LogP contribution in [-0.4, -0.2) is 16.8 Å². The Hall–Kier alpha value is -0.880. The molecule has 0 spiro atoms. The summed E-state index contributed by atoms with van der Waals surface area (Å²) in [7, 11) is 2.01. The molecular weight excluding hydrogens is 361 g/mol. The van der Waals surface area contributed by atoms with Crippen molar-refractivity contribution in [2.45, 2.75) is 38.8 Å². The van der Waals surface area contributed by atoms with Gasteiger partial charge >= 0.3 is 0 Å². The average Bonchev–Trinajstić information content (AvgIpc) is 2.93. The van der Waals surface area contributed by atoms with E-state index in [1.54, 1.807) is 0 Å². The summed E-state index contributed by atoms with van der Waals surface area (Å²) in [6.45, 7) is 4.39. The van der Waals surface area contributed by atoms with Gasteiger partial charge in [-0.25, -0.2) is 0 Å². The van der Waals surface area contributed by atoms with E-state index in [4.69, 9.17) is 0 Å². The van der Waals surface area contributed by atoms with E-state index in [0.717, 1.165) is 18.5 Å². The van der Waals surface area contributed by atoms with Gasteiger partial charge in [0.15, 0.2) is 0 Å². The highest BCUT2D eigenvalue weighted by Crippen LogP contribution is 2.19. The molecule has 0 fully saturated rings. The maximum Gasteiger partial charge on any atom is 0.0643 e. The van der Waals surface area contributed by atoms with Crippen LogP contribution in [-0.2, 0) is 6.42 Å². The molecule has 0 saturated heterocycles. The van der Waals surface area contributed by atoms with Crippen molar-refractivity contribution in [2.24, 2.45) is 0 Å². The zero-order chi connectivity index (χ0) is 14.5. The number of nitrogens with one attached hydrogen (secondary N) is 1. The zero-order valence-electron chi connectivity index (χ0n) is 12.3. The number of likely N-dealkylation sites (N-methyl/N-ethyl adjacent to an activating group) is 1. The molecule has 108 valence electrons. The SMILES string of the molecule is CCC(C)n1ccc(CC(NC)c2ccc(I)cc2)n1. The number of aromatic nitrogens is 2. The second-order valence-corrected chi connectivity index (χ2v) is 6.39. The van der Waals surface area contributed by atoms with E-state index in [2.05, 4.69) is 88.1 Å². The van der Waals surface area contributed by atoms with Crippen LogP contribution < -0.4 is 5.32 Å². The molecular formula is C16H22IN3. The number of halogens is 1. The Morgan fingerprint density at radius 1 is 1.25 bits per heavy atom. The normalized spacial score (nSPS) is 14.2. The van der Waals surface area contributed by atoms with E-state index in [0.29, 0.717) is 12.1 Å². The standard InChI is InChI=1S/C16H22IN3/c1-4-12(2)20-10-9-15(19-20)11-16(18-3)13-5-7-14(17)8-6-13/h5-10,12,16,18H,4,11H2,1-3H3. The molecule has 2 rings (SSSR count). The van der Waals surface area contributed by atoms with Gasteiger partial charge in [0.2, 0.25) is 0 Å². The zero-order valence-corrected chi connectivity index (χ0v) is 14.5. The van der Waals surface area contributed by atoms with Crippen molar-refractivity contribution in [3.05, 3.63) is 51.4 Å². The molecule has 2 unspecified atom stereocenters. The third kappa shape index (κ3) is 3.82. The second-order valence-electron chi connectivity index (χ2n) is 5.14. The van der Waals surface area contributed by atoms with Crippen LogP contribution in [0.15, 0.2) is 36.5 Å². The van der Waals surface area contributed by atoms with Crippen molar-refractivity contribution in [3.63, 3.8) is 0 Å². The molecule has 0 saturated carbocycles. The Bertz CT molecular complexity index is 533. The van der Waals surface area contributed by atoms with Crippen LogP contribution in [0.4, 0.5) is 0 Å². The summed E-state index contributed by atoms with van der Waals surface area (Å²) in [6, 6.07) is 11.6. The fraction of sp³-hybridized carbons (Fsp3) is 0.438. The first kappa shape index (κ1) is 15.5. The summed E-state index contributed by atoms with van der Waals surface area (Å²) in [4.78, 5) is 0. The third-order valence-electron chi connectivity index (χ3n) is 3.74. The first-order valence-corrected chi connectivity index (χ1v) is 8.18. The van der Waals surface area contributed by atoms with Crippen molar-refractivity contribution in [1.29, 1.82) is 0 Å². The van der Waals surface area contributed by atoms with Gasteiger partial charge in [-0.2, -0.15) is 5.10 Å². The number of nitrogens with zero attached hydrogens (tertiary/aromatic N) is 2. The van der Waals surface area contributed by atoms with Gasteiger partial charge in [0, 0.05) is 28.3 Å². The molecule has 0 aliphatic heterocycles. The van der Waals surface area contributed by atoms with Gasteiger partial charge in [0.1, 0.15) is 0 Å². The van der Waals surface area contributed by atoms with Crippen LogP contribution in [0, 0.1) is 3.57 Å². The molecule has 0 bridgehead atoms. The minimum Gasteiger partial charge on any atom is -0.313 e. The van der Waals surface area contributed by atoms with Crippen LogP contribution in [0.3, 0.4) is 0 Å². The summed E-state index contributed by atoms with van der Waals surface area (Å²) in [5.74, 6) is 0. The lowest BCUT2D eigenvalue weighted by molar-refractivity contribution is 0.469. The van der Waals surface area contributed by atoms with E-state index in [9.17, 15) is 0 Å². The molecule has 20 heavy (non-hydrogen) atoms. The van der Waals surface area contributed by atoms with Gasteiger partial charge in [0.25, 0.3) is 0 Å². The predicted molar refractivity (Wildman–Crippen MR) is 91.9 cm³/mol. The summed E-state index contributed by atoms with van der Waals surface area (Å²) < 4.78 is 3.33. The first-order valence-electron chi connectivity index (χ1n) is 7.10. The van der Waals surface area contributed by atoms with Crippen molar-refractivity contribution in [1.82, 2.24) is 15.1 Å². The lowest BCUT2D eigenvalue weighted by Crippen LogP contribution is -2.19. The number of benzene rings is 1. The van der Waals surface area contributed by atoms with Crippen LogP contribution in [0.2, 0.25) is 0 Å². The van der Waals surface area contributed by atoms with Crippen LogP contribution in [0.1, 0.15) is 43.6 Å². The van der Waals surface area contributed by atoms with Crippen molar-refractivity contribution in [2.75, 3.05) is 7.05 Å². The molecule has 0 aliphatic carbocycles. The fourth-order valence-corrected chi connectivity index (χ4v) is 2.57. The van der Waals surface area contributed by atoms with Crippen molar-refractivity contribution in [3.8, 4) is 0 Å². The molecule has 2 atom stereocenters. The highest BCUT2D eigenvalue weighted by molar-refractivity contribution is 14.1. The van der Waals surface area contributed by atoms with Crippen molar-refractivity contribution < 1.29 is 0 Å². The van der Waals surface area contributed by atoms with Gasteiger partial charge in [-0.3, -0.25) is 4.68 Å². The Morgan fingerprint density at radius 3 is 2.55 bits per heavy atom. The van der Waals surface area contributed by atoms with E-state index >= 15 is 0 Å². The van der Waals surface area contributed by atoms with E-state index < -0.39 is 0 Å². The summed E-state index contributed by atoms with van der Waals surface area (Å²) in [5, 5.41) is 8.07. The molecule has 4 heteroatoms. The van der Waals surface area contributed by atoms with Gasteiger partial charge in [-0.15, -0.1) is 0 Å². The summed E-state index contributed by atoms with van der Waals surface area (Å²) in [6.07, 6.45) is 4.11. The van der Waals surface area contributed by atoms with E-state index in [1.165, 1.54) is 9.13 Å². The molecule has 1 aromatic carbocycles. The van der Waals surface area contributed by atoms with Gasteiger partial charge in [-0.05, 0) is 66.7 Å². The molecule has 1 aromatic heterocycles. The maximum atomic E-state index is 4.69. The monoisotopic (exact) mass is 383 g/mol. The quantitative estimate of drug-likeness (QED) is 0.766. The molecule has 2 aromatic rings. The second kappa shape index (κ2) is 7.22. The van der Waals surface area contributed by atoms with Gasteiger partial charge < -0.3 is 5.32 Å². The highest BCUT2D eigenvalue weighted by Gasteiger charge is 2.12. The molecule has 0 aliphatic rings. The Labute approximate surface area is 134 Å². The van der Waals surface area contributed by atoms with Crippen molar-refractivity contribution >= 4 is 22.6 Å².